The van der Waals surface area contributed by atoms with Crippen molar-refractivity contribution in [2.24, 2.45) is 0 Å². The second kappa shape index (κ2) is 2.68. The van der Waals surface area contributed by atoms with Gasteiger partial charge in [-0.2, -0.15) is 0 Å². The number of fused-ring (bicyclic) bond motifs is 1. The molecule has 2 rings (SSSR count). The Hall–Kier alpha value is -0.200. The van der Waals surface area contributed by atoms with Gasteiger partial charge in [-0.05, 0) is 41.9 Å². The summed E-state index contributed by atoms with van der Waals surface area (Å²) in [7, 11) is 0. The molecular weight excluding hydrogens is 252 g/mol. The molecule has 2 aliphatic rings. The maximum atomic E-state index is 10.1. The van der Waals surface area contributed by atoms with Crippen LogP contribution in [0.2, 0.25) is 0 Å². The SMILES string of the molecule is CC1(C)O[C@@]2(O)C=CC=C(Br)[C@@]2(O)O1. The van der Waals surface area contributed by atoms with Gasteiger partial charge in [-0.25, -0.2) is 0 Å². The lowest BCUT2D eigenvalue weighted by molar-refractivity contribution is -0.242. The van der Waals surface area contributed by atoms with Gasteiger partial charge in [-0.15, -0.1) is 0 Å². The van der Waals surface area contributed by atoms with Crippen LogP contribution >= 0.6 is 15.9 Å². The van der Waals surface area contributed by atoms with Crippen molar-refractivity contribution in [3.05, 3.63) is 22.7 Å². The lowest BCUT2D eigenvalue weighted by Gasteiger charge is -2.33. The average Bonchev–Trinajstić information content (AvgIpc) is 2.17. The summed E-state index contributed by atoms with van der Waals surface area (Å²) < 4.78 is 10.8. The Balaban J connectivity index is 2.49. The van der Waals surface area contributed by atoms with Crippen LogP contribution in [0, 0.1) is 0 Å². The highest BCUT2D eigenvalue weighted by Gasteiger charge is 2.64. The lowest BCUT2D eigenvalue weighted by atomic mass is 10.0. The Labute approximate surface area is 90.0 Å². The molecular formula is C9H11BrO4. The molecule has 0 aromatic rings. The van der Waals surface area contributed by atoms with Gasteiger partial charge in [0, 0.05) is 0 Å². The van der Waals surface area contributed by atoms with Crippen LogP contribution in [-0.4, -0.2) is 27.6 Å². The van der Waals surface area contributed by atoms with Crippen molar-refractivity contribution in [2.45, 2.75) is 31.2 Å². The van der Waals surface area contributed by atoms with Crippen molar-refractivity contribution in [3.63, 3.8) is 0 Å². The van der Waals surface area contributed by atoms with E-state index in [9.17, 15) is 10.2 Å². The predicted molar refractivity (Wildman–Crippen MR) is 52.3 cm³/mol. The van der Waals surface area contributed by atoms with E-state index in [4.69, 9.17) is 9.47 Å². The first-order valence-electron chi connectivity index (χ1n) is 4.20. The van der Waals surface area contributed by atoms with Crippen molar-refractivity contribution in [1.29, 1.82) is 0 Å². The molecule has 5 heteroatoms. The molecule has 0 spiro atoms. The Morgan fingerprint density at radius 3 is 2.50 bits per heavy atom. The van der Waals surface area contributed by atoms with Crippen LogP contribution in [0.25, 0.3) is 0 Å². The molecule has 0 saturated carbocycles. The number of hydrogen-bond donors (Lipinski definition) is 2. The van der Waals surface area contributed by atoms with E-state index in [-0.39, 0.29) is 0 Å². The van der Waals surface area contributed by atoms with E-state index in [1.54, 1.807) is 26.0 Å². The number of allylic oxidation sites excluding steroid dienone is 2. The molecule has 0 unspecified atom stereocenters. The van der Waals surface area contributed by atoms with Crippen LogP contribution in [0.5, 0.6) is 0 Å². The lowest BCUT2D eigenvalue weighted by Crippen LogP contribution is -2.51. The van der Waals surface area contributed by atoms with Crippen molar-refractivity contribution < 1.29 is 19.7 Å². The molecule has 2 N–H and O–H groups in total. The van der Waals surface area contributed by atoms with Crippen LogP contribution in [0.15, 0.2) is 22.7 Å². The maximum absolute atomic E-state index is 10.1. The van der Waals surface area contributed by atoms with Crippen LogP contribution in [0.3, 0.4) is 0 Å². The Morgan fingerprint density at radius 1 is 1.29 bits per heavy atom. The molecule has 0 bridgehead atoms. The minimum atomic E-state index is -1.86. The van der Waals surface area contributed by atoms with E-state index in [0.29, 0.717) is 4.48 Å². The third-order valence-corrected chi connectivity index (χ3v) is 2.97. The average molecular weight is 263 g/mol. The van der Waals surface area contributed by atoms with E-state index in [2.05, 4.69) is 15.9 Å². The molecule has 78 valence electrons. The van der Waals surface area contributed by atoms with Gasteiger partial charge in [0.25, 0.3) is 5.79 Å². The summed E-state index contributed by atoms with van der Waals surface area (Å²) >= 11 is 3.13. The summed E-state index contributed by atoms with van der Waals surface area (Å²) in [5.74, 6) is -4.72. The van der Waals surface area contributed by atoms with E-state index in [0.717, 1.165) is 0 Å². The van der Waals surface area contributed by atoms with Gasteiger partial charge in [0.1, 0.15) is 0 Å². The Bertz CT molecular complexity index is 336. The standard InChI is InChI=1S/C9H11BrO4/c1-7(2)13-8(11)5-3-4-6(10)9(8,12)14-7/h3-5,11-12H,1-2H3/t8-,9+/m0/s1. The quantitative estimate of drug-likeness (QED) is 0.684. The predicted octanol–water partition coefficient (Wildman–Crippen LogP) is 0.995. The first-order valence-corrected chi connectivity index (χ1v) is 4.99. The summed E-state index contributed by atoms with van der Waals surface area (Å²) in [5, 5.41) is 20.1. The smallest absolute Gasteiger partial charge is 0.261 e. The van der Waals surface area contributed by atoms with Gasteiger partial charge < -0.3 is 19.7 Å². The van der Waals surface area contributed by atoms with Gasteiger partial charge in [-0.3, -0.25) is 0 Å². The van der Waals surface area contributed by atoms with E-state index >= 15 is 0 Å². The van der Waals surface area contributed by atoms with E-state index in [1.807, 2.05) is 0 Å². The van der Waals surface area contributed by atoms with Crippen LogP contribution in [-0.2, 0) is 9.47 Å². The fourth-order valence-corrected chi connectivity index (χ4v) is 2.15. The second-order valence-electron chi connectivity index (χ2n) is 3.82. The molecule has 1 heterocycles. The van der Waals surface area contributed by atoms with Crippen molar-refractivity contribution in [2.75, 3.05) is 0 Å². The van der Waals surface area contributed by atoms with Gasteiger partial charge in [0.05, 0.1) is 4.48 Å². The van der Waals surface area contributed by atoms with Crippen molar-refractivity contribution >= 4 is 15.9 Å². The minimum absolute atomic E-state index is 0.334. The minimum Gasteiger partial charge on any atom is -0.358 e. The third-order valence-electron chi connectivity index (χ3n) is 2.17. The number of hydrogen-bond acceptors (Lipinski definition) is 4. The molecule has 14 heavy (non-hydrogen) atoms. The zero-order chi connectivity index (χ0) is 10.6. The Kier molecular flexibility index (Phi) is 1.97. The van der Waals surface area contributed by atoms with Gasteiger partial charge in [0.15, 0.2) is 5.79 Å². The summed E-state index contributed by atoms with van der Waals surface area (Å²) in [6.45, 7) is 3.24. The fourth-order valence-electron chi connectivity index (χ4n) is 1.64. The highest BCUT2D eigenvalue weighted by Crippen LogP contribution is 2.49. The monoisotopic (exact) mass is 262 g/mol. The molecule has 0 aromatic heterocycles. The molecule has 2 atom stereocenters. The summed E-state index contributed by atoms with van der Waals surface area (Å²) in [6, 6.07) is 0. The van der Waals surface area contributed by atoms with E-state index < -0.39 is 17.4 Å². The molecule has 1 aliphatic carbocycles. The third kappa shape index (κ3) is 1.20. The molecule has 0 aromatic carbocycles. The number of aliphatic hydroxyl groups is 2. The topological polar surface area (TPSA) is 58.9 Å². The van der Waals surface area contributed by atoms with Gasteiger partial charge >= 0.3 is 0 Å². The zero-order valence-corrected chi connectivity index (χ0v) is 9.41. The maximum Gasteiger partial charge on any atom is 0.261 e. The Morgan fingerprint density at radius 2 is 1.93 bits per heavy atom. The molecule has 0 radical (unpaired) electrons. The number of rotatable bonds is 0. The van der Waals surface area contributed by atoms with Crippen LogP contribution < -0.4 is 0 Å². The first-order chi connectivity index (χ1) is 6.29. The van der Waals surface area contributed by atoms with Crippen molar-refractivity contribution in [1.82, 2.24) is 0 Å². The normalized spacial score (nSPS) is 44.8. The van der Waals surface area contributed by atoms with Crippen LogP contribution in [0.4, 0.5) is 0 Å². The van der Waals surface area contributed by atoms with E-state index in [1.165, 1.54) is 6.08 Å². The fraction of sp³-hybridized carbons (Fsp3) is 0.556. The molecule has 4 nitrogen and oxygen atoms in total. The summed E-state index contributed by atoms with van der Waals surface area (Å²) in [5.41, 5.74) is 0. The summed E-state index contributed by atoms with van der Waals surface area (Å²) in [4.78, 5) is 0. The van der Waals surface area contributed by atoms with Crippen molar-refractivity contribution in [3.8, 4) is 0 Å². The largest absolute Gasteiger partial charge is 0.358 e. The molecule has 1 aliphatic heterocycles. The van der Waals surface area contributed by atoms with Gasteiger partial charge in [-0.1, -0.05) is 6.08 Å². The molecule has 1 fully saturated rings. The van der Waals surface area contributed by atoms with Gasteiger partial charge in [0.2, 0.25) is 5.79 Å². The molecule has 1 saturated heterocycles. The highest BCUT2D eigenvalue weighted by molar-refractivity contribution is 9.11. The second-order valence-corrected chi connectivity index (χ2v) is 4.67. The number of ether oxygens (including phenoxy) is 2. The summed E-state index contributed by atoms with van der Waals surface area (Å²) in [6.07, 6.45) is 4.54. The molecule has 0 amide bonds. The highest BCUT2D eigenvalue weighted by atomic mass is 79.9. The van der Waals surface area contributed by atoms with Crippen LogP contribution in [0.1, 0.15) is 13.8 Å². The number of halogens is 1. The zero-order valence-electron chi connectivity index (χ0n) is 7.82. The first kappa shape index (κ1) is 10.3.